The number of amides is 5. The second-order valence-corrected chi connectivity index (χ2v) is 4.73. The Morgan fingerprint density at radius 1 is 1.17 bits per heavy atom. The maximum atomic E-state index is 12.1. The van der Waals surface area contributed by atoms with Crippen molar-refractivity contribution in [1.82, 2.24) is 10.2 Å². The van der Waals surface area contributed by atoms with Gasteiger partial charge in [0, 0.05) is 0 Å². The van der Waals surface area contributed by atoms with E-state index in [2.05, 4.69) is 0 Å². The van der Waals surface area contributed by atoms with Gasteiger partial charge in [-0.05, 0) is 19.1 Å². The van der Waals surface area contributed by atoms with Crippen LogP contribution in [-0.4, -0.2) is 47.3 Å². The molecule has 9 heteroatoms. The van der Waals surface area contributed by atoms with Gasteiger partial charge < -0.3 is 10.5 Å². The normalized spacial score (nSPS) is 14.2. The summed E-state index contributed by atoms with van der Waals surface area (Å²) in [5, 5.41) is 1.75. The molecule has 0 unspecified atom stereocenters. The van der Waals surface area contributed by atoms with Crippen LogP contribution in [0, 0.1) is 0 Å². The SMILES string of the molecule is C[C@H](OC(=O)CN1C(=O)c2ccccc2C1=O)C(=O)NC(N)=O. The van der Waals surface area contributed by atoms with Crippen LogP contribution in [0.1, 0.15) is 27.6 Å². The molecule has 0 spiro atoms. The van der Waals surface area contributed by atoms with Crippen LogP contribution in [0.2, 0.25) is 0 Å². The summed E-state index contributed by atoms with van der Waals surface area (Å²) in [4.78, 5) is 58.6. The summed E-state index contributed by atoms with van der Waals surface area (Å²) in [5.74, 6) is -3.10. The Labute approximate surface area is 130 Å². The first-order valence-corrected chi connectivity index (χ1v) is 6.56. The van der Waals surface area contributed by atoms with E-state index < -0.39 is 42.4 Å². The second-order valence-electron chi connectivity index (χ2n) is 4.73. The molecule has 1 aromatic carbocycles. The number of hydrogen-bond donors (Lipinski definition) is 2. The number of nitrogens with zero attached hydrogens (tertiary/aromatic N) is 1. The summed E-state index contributed by atoms with van der Waals surface area (Å²) in [5.41, 5.74) is 5.17. The summed E-state index contributed by atoms with van der Waals surface area (Å²) in [6.07, 6.45) is -1.30. The highest BCUT2D eigenvalue weighted by molar-refractivity contribution is 6.22. The zero-order valence-electron chi connectivity index (χ0n) is 12.1. The lowest BCUT2D eigenvalue weighted by Crippen LogP contribution is -2.43. The minimum atomic E-state index is -1.30. The third-order valence-electron chi connectivity index (χ3n) is 3.09. The third kappa shape index (κ3) is 3.34. The maximum Gasteiger partial charge on any atom is 0.326 e. The predicted molar refractivity (Wildman–Crippen MR) is 75.1 cm³/mol. The van der Waals surface area contributed by atoms with E-state index in [1.165, 1.54) is 19.1 Å². The van der Waals surface area contributed by atoms with Crippen LogP contribution in [0.15, 0.2) is 24.3 Å². The molecule has 23 heavy (non-hydrogen) atoms. The number of carbonyl (C=O) groups excluding carboxylic acids is 5. The number of urea groups is 1. The predicted octanol–water partition coefficient (Wildman–Crippen LogP) is -0.591. The minimum absolute atomic E-state index is 0.199. The molecular weight excluding hydrogens is 306 g/mol. The fraction of sp³-hybridized carbons (Fsp3) is 0.214. The van der Waals surface area contributed by atoms with Crippen molar-refractivity contribution in [3.05, 3.63) is 35.4 Å². The van der Waals surface area contributed by atoms with Crippen molar-refractivity contribution in [2.45, 2.75) is 13.0 Å². The third-order valence-corrected chi connectivity index (χ3v) is 3.09. The zero-order valence-corrected chi connectivity index (χ0v) is 12.1. The molecule has 0 radical (unpaired) electrons. The maximum absolute atomic E-state index is 12.1. The van der Waals surface area contributed by atoms with E-state index in [9.17, 15) is 24.0 Å². The van der Waals surface area contributed by atoms with E-state index in [1.54, 1.807) is 17.4 Å². The van der Waals surface area contributed by atoms with Crippen LogP contribution in [0.25, 0.3) is 0 Å². The molecule has 2 rings (SSSR count). The first-order chi connectivity index (χ1) is 10.8. The van der Waals surface area contributed by atoms with Gasteiger partial charge in [-0.2, -0.15) is 0 Å². The molecule has 1 aliphatic rings. The van der Waals surface area contributed by atoms with E-state index in [0.29, 0.717) is 0 Å². The van der Waals surface area contributed by atoms with Gasteiger partial charge in [-0.25, -0.2) is 4.79 Å². The highest BCUT2D eigenvalue weighted by atomic mass is 16.5. The van der Waals surface area contributed by atoms with Crippen molar-refractivity contribution in [1.29, 1.82) is 0 Å². The number of rotatable bonds is 4. The van der Waals surface area contributed by atoms with Crippen LogP contribution in [-0.2, 0) is 14.3 Å². The number of nitrogens with one attached hydrogen (secondary N) is 1. The average Bonchev–Trinajstić information content (AvgIpc) is 2.72. The van der Waals surface area contributed by atoms with Crippen LogP contribution in [0.3, 0.4) is 0 Å². The first-order valence-electron chi connectivity index (χ1n) is 6.56. The molecular formula is C14H13N3O6. The number of hydrogen-bond acceptors (Lipinski definition) is 6. The lowest BCUT2D eigenvalue weighted by Gasteiger charge is -2.16. The summed E-state index contributed by atoms with van der Waals surface area (Å²) < 4.78 is 4.77. The van der Waals surface area contributed by atoms with E-state index >= 15 is 0 Å². The highest BCUT2D eigenvalue weighted by Crippen LogP contribution is 2.22. The molecule has 1 aromatic rings. The minimum Gasteiger partial charge on any atom is -0.451 e. The number of nitrogens with two attached hydrogens (primary N) is 1. The second kappa shape index (κ2) is 6.26. The quantitative estimate of drug-likeness (QED) is 0.562. The van der Waals surface area contributed by atoms with E-state index in [-0.39, 0.29) is 11.1 Å². The van der Waals surface area contributed by atoms with Gasteiger partial charge in [-0.15, -0.1) is 0 Å². The summed E-state index contributed by atoms with van der Waals surface area (Å²) in [6, 6.07) is 5.07. The van der Waals surface area contributed by atoms with Crippen molar-refractivity contribution in [3.8, 4) is 0 Å². The number of imide groups is 2. The van der Waals surface area contributed by atoms with Crippen molar-refractivity contribution in [2.24, 2.45) is 5.73 Å². The smallest absolute Gasteiger partial charge is 0.326 e. The molecule has 3 N–H and O–H groups in total. The van der Waals surface area contributed by atoms with Crippen molar-refractivity contribution < 1.29 is 28.7 Å². The van der Waals surface area contributed by atoms with Gasteiger partial charge in [0.05, 0.1) is 11.1 Å². The fourth-order valence-electron chi connectivity index (χ4n) is 2.02. The Balaban J connectivity index is 1.99. The molecule has 0 saturated carbocycles. The molecule has 0 aliphatic carbocycles. The van der Waals surface area contributed by atoms with E-state index in [1.807, 2.05) is 0 Å². The highest BCUT2D eigenvalue weighted by Gasteiger charge is 2.37. The Kier molecular flexibility index (Phi) is 4.39. The van der Waals surface area contributed by atoms with Crippen LogP contribution in [0.5, 0.6) is 0 Å². The van der Waals surface area contributed by atoms with Crippen LogP contribution < -0.4 is 11.1 Å². The molecule has 0 bridgehead atoms. The Bertz CT molecular complexity index is 679. The molecule has 0 aromatic heterocycles. The topological polar surface area (TPSA) is 136 Å². The molecule has 0 fully saturated rings. The number of benzene rings is 1. The van der Waals surface area contributed by atoms with Gasteiger partial charge in [-0.1, -0.05) is 12.1 Å². The van der Waals surface area contributed by atoms with Gasteiger partial charge in [-0.3, -0.25) is 29.4 Å². The number of fused-ring (bicyclic) bond motifs is 1. The largest absolute Gasteiger partial charge is 0.451 e. The van der Waals surface area contributed by atoms with Crippen molar-refractivity contribution in [2.75, 3.05) is 6.54 Å². The Hall–Kier alpha value is -3.23. The van der Waals surface area contributed by atoms with Crippen molar-refractivity contribution >= 4 is 29.7 Å². The summed E-state index contributed by atoms with van der Waals surface area (Å²) >= 11 is 0. The summed E-state index contributed by atoms with van der Waals surface area (Å²) in [6.45, 7) is 0.582. The standard InChI is InChI=1S/C14H13N3O6/c1-7(11(19)16-14(15)22)23-10(18)6-17-12(20)8-4-2-3-5-9(8)13(17)21/h2-5,7H,6H2,1H3,(H3,15,16,19,22)/t7-/m0/s1. The number of carbonyl (C=O) groups is 5. The molecule has 120 valence electrons. The number of ether oxygens (including phenoxy) is 1. The molecule has 1 aliphatic heterocycles. The Morgan fingerprint density at radius 3 is 2.17 bits per heavy atom. The van der Waals surface area contributed by atoms with Gasteiger partial charge in [0.25, 0.3) is 17.7 Å². The summed E-state index contributed by atoms with van der Waals surface area (Å²) in [7, 11) is 0. The first kappa shape index (κ1) is 16.1. The molecule has 0 saturated heterocycles. The van der Waals surface area contributed by atoms with E-state index in [4.69, 9.17) is 10.5 Å². The molecule has 9 nitrogen and oxygen atoms in total. The average molecular weight is 319 g/mol. The van der Waals surface area contributed by atoms with Crippen molar-refractivity contribution in [3.63, 3.8) is 0 Å². The van der Waals surface area contributed by atoms with Gasteiger partial charge >= 0.3 is 12.0 Å². The number of esters is 1. The monoisotopic (exact) mass is 319 g/mol. The lowest BCUT2D eigenvalue weighted by molar-refractivity contribution is -0.154. The fourth-order valence-corrected chi connectivity index (χ4v) is 2.02. The Morgan fingerprint density at radius 2 is 1.70 bits per heavy atom. The van der Waals surface area contributed by atoms with Gasteiger partial charge in [0.1, 0.15) is 6.54 Å². The van der Waals surface area contributed by atoms with Gasteiger partial charge in [0.15, 0.2) is 6.10 Å². The molecule has 1 heterocycles. The van der Waals surface area contributed by atoms with Gasteiger partial charge in [0.2, 0.25) is 0 Å². The molecule has 5 amide bonds. The lowest BCUT2D eigenvalue weighted by atomic mass is 10.1. The zero-order chi connectivity index (χ0) is 17.1. The van der Waals surface area contributed by atoms with Crippen LogP contribution in [0.4, 0.5) is 4.79 Å². The van der Waals surface area contributed by atoms with Crippen LogP contribution >= 0.6 is 0 Å². The molecule has 1 atom stereocenters. The number of primary amides is 1. The van der Waals surface area contributed by atoms with E-state index in [0.717, 1.165) is 4.90 Å².